The Bertz CT molecular complexity index is 562. The van der Waals surface area contributed by atoms with Gasteiger partial charge in [0, 0.05) is 19.3 Å². The molecule has 0 aromatic heterocycles. The first kappa shape index (κ1) is 15.0. The van der Waals surface area contributed by atoms with Gasteiger partial charge in [-0.15, -0.1) is 0 Å². The molecule has 0 aliphatic rings. The van der Waals surface area contributed by atoms with E-state index in [0.717, 1.165) is 16.8 Å². The predicted molar refractivity (Wildman–Crippen MR) is 82.6 cm³/mol. The van der Waals surface area contributed by atoms with Crippen molar-refractivity contribution >= 4 is 28.9 Å². The van der Waals surface area contributed by atoms with Crippen molar-refractivity contribution < 1.29 is 9.84 Å². The fourth-order valence-corrected chi connectivity index (χ4v) is 2.28. The molecule has 20 heavy (non-hydrogen) atoms. The molecular weight excluding hydrogens is 297 g/mol. The van der Waals surface area contributed by atoms with Gasteiger partial charge in [0.1, 0.15) is 0 Å². The molecule has 0 bridgehead atoms. The van der Waals surface area contributed by atoms with E-state index in [1.807, 2.05) is 24.3 Å². The van der Waals surface area contributed by atoms with Crippen molar-refractivity contribution in [2.24, 2.45) is 0 Å². The van der Waals surface area contributed by atoms with E-state index in [1.165, 1.54) is 0 Å². The van der Waals surface area contributed by atoms with Gasteiger partial charge in [0.15, 0.2) is 5.75 Å². The maximum Gasteiger partial charge on any atom is 0.152 e. The summed E-state index contributed by atoms with van der Waals surface area (Å²) in [6, 6.07) is 11.4. The number of aromatic hydroxyl groups is 1. The highest BCUT2D eigenvalue weighted by Gasteiger charge is 2.06. The average molecular weight is 312 g/mol. The third-order valence-electron chi connectivity index (χ3n) is 2.85. The van der Waals surface area contributed by atoms with Crippen LogP contribution in [-0.2, 0) is 17.9 Å². The Labute approximate surface area is 128 Å². The van der Waals surface area contributed by atoms with Crippen molar-refractivity contribution in [3.63, 3.8) is 0 Å². The van der Waals surface area contributed by atoms with Gasteiger partial charge in [-0.1, -0.05) is 47.5 Å². The highest BCUT2D eigenvalue weighted by molar-refractivity contribution is 6.37. The lowest BCUT2D eigenvalue weighted by Gasteiger charge is -2.09. The van der Waals surface area contributed by atoms with Crippen LogP contribution in [0.25, 0.3) is 0 Å². The molecule has 0 unspecified atom stereocenters. The minimum Gasteiger partial charge on any atom is -0.505 e. The van der Waals surface area contributed by atoms with Crippen molar-refractivity contribution in [3.8, 4) is 5.75 Å². The predicted octanol–water partition coefficient (Wildman–Crippen LogP) is 4.46. The van der Waals surface area contributed by atoms with Crippen LogP contribution in [0.2, 0.25) is 10.0 Å². The second kappa shape index (κ2) is 6.84. The van der Waals surface area contributed by atoms with E-state index in [9.17, 15) is 5.11 Å². The summed E-state index contributed by atoms with van der Waals surface area (Å²) in [6.07, 6.45) is 0. The summed E-state index contributed by atoms with van der Waals surface area (Å²) >= 11 is 11.7. The number of phenolic OH excluding ortho intramolecular Hbond substituents is 1. The Morgan fingerprint density at radius 3 is 2.15 bits per heavy atom. The van der Waals surface area contributed by atoms with Gasteiger partial charge in [-0.2, -0.15) is 0 Å². The van der Waals surface area contributed by atoms with Gasteiger partial charge in [0.05, 0.1) is 16.7 Å². The molecule has 0 aliphatic heterocycles. The summed E-state index contributed by atoms with van der Waals surface area (Å²) in [6.45, 7) is 1.25. The average Bonchev–Trinajstić information content (AvgIpc) is 2.44. The second-order valence-corrected chi connectivity index (χ2v) is 5.21. The number of phenols is 1. The zero-order valence-electron chi connectivity index (χ0n) is 11.0. The van der Waals surface area contributed by atoms with Crippen LogP contribution in [0.15, 0.2) is 36.4 Å². The molecule has 3 nitrogen and oxygen atoms in total. The highest BCUT2D eigenvalue weighted by atomic mass is 35.5. The van der Waals surface area contributed by atoms with E-state index in [0.29, 0.717) is 13.2 Å². The minimum absolute atomic E-state index is 0.0946. The van der Waals surface area contributed by atoms with Crippen LogP contribution in [0.1, 0.15) is 11.1 Å². The molecule has 0 saturated carbocycles. The molecule has 5 heteroatoms. The zero-order valence-corrected chi connectivity index (χ0v) is 12.5. The lowest BCUT2D eigenvalue weighted by Crippen LogP contribution is -1.99. The quantitative estimate of drug-likeness (QED) is 0.801. The number of halogens is 2. The first-order chi connectivity index (χ1) is 9.60. The third-order valence-corrected chi connectivity index (χ3v) is 3.42. The van der Waals surface area contributed by atoms with E-state index in [-0.39, 0.29) is 15.8 Å². The number of hydrogen-bond acceptors (Lipinski definition) is 3. The van der Waals surface area contributed by atoms with Crippen molar-refractivity contribution in [3.05, 3.63) is 57.6 Å². The van der Waals surface area contributed by atoms with E-state index in [2.05, 4.69) is 5.32 Å². The van der Waals surface area contributed by atoms with Crippen LogP contribution in [-0.4, -0.2) is 12.2 Å². The van der Waals surface area contributed by atoms with Gasteiger partial charge in [-0.05, 0) is 23.3 Å². The van der Waals surface area contributed by atoms with Crippen LogP contribution in [0.4, 0.5) is 5.69 Å². The normalized spacial score (nSPS) is 10.6. The molecule has 2 aromatic carbocycles. The fraction of sp³-hybridized carbons (Fsp3) is 0.200. The molecule has 0 amide bonds. The summed E-state index contributed by atoms with van der Waals surface area (Å²) in [5, 5.41) is 13.2. The summed E-state index contributed by atoms with van der Waals surface area (Å²) in [7, 11) is 1.67. The Hall–Kier alpha value is -1.42. The Balaban J connectivity index is 2.01. The Morgan fingerprint density at radius 1 is 1.05 bits per heavy atom. The SMILES string of the molecule is COCc1ccc(CNc2cc(Cl)c(O)c(Cl)c2)cc1. The number of nitrogens with one attached hydrogen (secondary N) is 1. The van der Waals surface area contributed by atoms with E-state index in [4.69, 9.17) is 27.9 Å². The van der Waals surface area contributed by atoms with Gasteiger partial charge in [-0.3, -0.25) is 0 Å². The first-order valence-corrected chi connectivity index (χ1v) is 6.84. The van der Waals surface area contributed by atoms with Crippen LogP contribution in [0, 0.1) is 0 Å². The Kier molecular flexibility index (Phi) is 5.12. The summed E-state index contributed by atoms with van der Waals surface area (Å²) in [5.41, 5.74) is 3.02. The number of methoxy groups -OCH3 is 1. The van der Waals surface area contributed by atoms with E-state index >= 15 is 0 Å². The van der Waals surface area contributed by atoms with Gasteiger partial charge in [-0.25, -0.2) is 0 Å². The van der Waals surface area contributed by atoms with Crippen LogP contribution in [0.3, 0.4) is 0 Å². The summed E-state index contributed by atoms with van der Waals surface area (Å²) in [4.78, 5) is 0. The lowest BCUT2D eigenvalue weighted by molar-refractivity contribution is 0.185. The van der Waals surface area contributed by atoms with E-state index in [1.54, 1.807) is 19.2 Å². The molecule has 2 N–H and O–H groups in total. The minimum atomic E-state index is -0.0946. The molecule has 0 fully saturated rings. The topological polar surface area (TPSA) is 41.5 Å². The molecule has 0 atom stereocenters. The molecule has 0 saturated heterocycles. The number of ether oxygens (including phenoxy) is 1. The largest absolute Gasteiger partial charge is 0.505 e. The molecule has 0 spiro atoms. The summed E-state index contributed by atoms with van der Waals surface area (Å²) < 4.78 is 5.07. The summed E-state index contributed by atoms with van der Waals surface area (Å²) in [5.74, 6) is -0.0946. The number of rotatable bonds is 5. The smallest absolute Gasteiger partial charge is 0.152 e. The van der Waals surface area contributed by atoms with Crippen LogP contribution < -0.4 is 5.32 Å². The number of hydrogen-bond donors (Lipinski definition) is 2. The fourth-order valence-electron chi connectivity index (χ4n) is 1.79. The number of benzene rings is 2. The van der Waals surface area contributed by atoms with Gasteiger partial charge in [0.2, 0.25) is 0 Å². The lowest BCUT2D eigenvalue weighted by atomic mass is 10.1. The number of anilines is 1. The third kappa shape index (κ3) is 3.79. The molecule has 0 aliphatic carbocycles. The molecular formula is C15H15Cl2NO2. The van der Waals surface area contributed by atoms with E-state index < -0.39 is 0 Å². The molecule has 2 rings (SSSR count). The maximum absolute atomic E-state index is 9.49. The second-order valence-electron chi connectivity index (χ2n) is 4.39. The standard InChI is InChI=1S/C15H15Cl2NO2/c1-20-9-11-4-2-10(3-5-11)8-18-12-6-13(16)15(19)14(17)7-12/h2-7,18-19H,8-9H2,1H3. The molecule has 0 heterocycles. The van der Waals surface area contributed by atoms with Crippen molar-refractivity contribution in [2.75, 3.05) is 12.4 Å². The molecule has 106 valence electrons. The Morgan fingerprint density at radius 2 is 1.60 bits per heavy atom. The van der Waals surface area contributed by atoms with Crippen LogP contribution in [0.5, 0.6) is 5.75 Å². The van der Waals surface area contributed by atoms with Crippen molar-refractivity contribution in [2.45, 2.75) is 13.2 Å². The van der Waals surface area contributed by atoms with Gasteiger partial charge < -0.3 is 15.2 Å². The first-order valence-electron chi connectivity index (χ1n) is 6.09. The van der Waals surface area contributed by atoms with Crippen molar-refractivity contribution in [1.29, 1.82) is 0 Å². The van der Waals surface area contributed by atoms with Crippen molar-refractivity contribution in [1.82, 2.24) is 0 Å². The zero-order chi connectivity index (χ0) is 14.5. The highest BCUT2D eigenvalue weighted by Crippen LogP contribution is 2.34. The maximum atomic E-state index is 9.49. The molecule has 0 radical (unpaired) electrons. The van der Waals surface area contributed by atoms with Gasteiger partial charge in [0.25, 0.3) is 0 Å². The van der Waals surface area contributed by atoms with Crippen LogP contribution >= 0.6 is 23.2 Å². The molecule has 2 aromatic rings. The monoisotopic (exact) mass is 311 g/mol. The van der Waals surface area contributed by atoms with Gasteiger partial charge >= 0.3 is 0 Å².